The monoisotopic (exact) mass is 298 g/mol. The van der Waals surface area contributed by atoms with Crippen LogP contribution in [-0.4, -0.2) is 46.0 Å². The number of carbonyl (C=O) groups excluding carboxylic acids is 1. The van der Waals surface area contributed by atoms with Gasteiger partial charge in [-0.05, 0) is 25.2 Å². The van der Waals surface area contributed by atoms with Gasteiger partial charge >= 0.3 is 0 Å². The number of rotatable bonds is 9. The maximum Gasteiger partial charge on any atom is 0.220 e. The van der Waals surface area contributed by atoms with E-state index in [0.717, 1.165) is 17.2 Å². The van der Waals surface area contributed by atoms with Crippen LogP contribution >= 0.6 is 11.8 Å². The van der Waals surface area contributed by atoms with Crippen molar-refractivity contribution in [2.24, 2.45) is 0 Å². The lowest BCUT2D eigenvalue weighted by Crippen LogP contribution is -2.30. The molecule has 0 heterocycles. The number of hydrogen-bond acceptors (Lipinski definition) is 5. The fourth-order valence-corrected chi connectivity index (χ4v) is 2.46. The van der Waals surface area contributed by atoms with Crippen molar-refractivity contribution in [3.63, 3.8) is 0 Å². The Labute approximate surface area is 124 Å². The molecule has 0 atom stereocenters. The van der Waals surface area contributed by atoms with E-state index >= 15 is 0 Å². The Morgan fingerprint density at radius 3 is 2.60 bits per heavy atom. The molecule has 6 heteroatoms. The Morgan fingerprint density at radius 2 is 1.95 bits per heavy atom. The van der Waals surface area contributed by atoms with Crippen molar-refractivity contribution in [1.29, 1.82) is 0 Å². The fraction of sp³-hybridized carbons (Fsp3) is 0.500. The van der Waals surface area contributed by atoms with Gasteiger partial charge in [0.05, 0.1) is 14.2 Å². The number of amides is 1. The van der Waals surface area contributed by atoms with Gasteiger partial charge in [0, 0.05) is 30.2 Å². The van der Waals surface area contributed by atoms with Crippen LogP contribution in [0.3, 0.4) is 0 Å². The predicted molar refractivity (Wildman–Crippen MR) is 81.8 cm³/mol. The van der Waals surface area contributed by atoms with Gasteiger partial charge in [-0.25, -0.2) is 0 Å². The molecule has 0 spiro atoms. The van der Waals surface area contributed by atoms with E-state index in [2.05, 4.69) is 10.6 Å². The van der Waals surface area contributed by atoms with E-state index in [0.29, 0.717) is 24.5 Å². The quantitative estimate of drug-likeness (QED) is 0.535. The Hall–Kier alpha value is -1.40. The number of benzene rings is 1. The van der Waals surface area contributed by atoms with Crippen LogP contribution in [0.1, 0.15) is 6.42 Å². The first-order chi connectivity index (χ1) is 9.71. The summed E-state index contributed by atoms with van der Waals surface area (Å²) < 4.78 is 10.4. The Kier molecular flexibility index (Phi) is 7.91. The van der Waals surface area contributed by atoms with Crippen molar-refractivity contribution in [2.45, 2.75) is 11.3 Å². The number of carbonyl (C=O) groups is 1. The molecule has 1 amide bonds. The molecule has 0 bridgehead atoms. The number of nitrogens with one attached hydrogen (secondary N) is 2. The zero-order chi connectivity index (χ0) is 14.8. The van der Waals surface area contributed by atoms with Crippen LogP contribution in [0.5, 0.6) is 11.5 Å². The second-order valence-electron chi connectivity index (χ2n) is 4.07. The number of thioether (sulfide) groups is 1. The fourth-order valence-electron chi connectivity index (χ4n) is 1.58. The zero-order valence-corrected chi connectivity index (χ0v) is 13.0. The molecule has 20 heavy (non-hydrogen) atoms. The number of ether oxygens (including phenoxy) is 2. The Morgan fingerprint density at radius 1 is 1.20 bits per heavy atom. The van der Waals surface area contributed by atoms with Crippen molar-refractivity contribution in [3.8, 4) is 11.5 Å². The second kappa shape index (κ2) is 9.50. The summed E-state index contributed by atoms with van der Waals surface area (Å²) >= 11 is 1.62. The molecule has 1 aromatic rings. The third-order valence-electron chi connectivity index (χ3n) is 2.65. The summed E-state index contributed by atoms with van der Waals surface area (Å²) in [4.78, 5) is 12.6. The zero-order valence-electron chi connectivity index (χ0n) is 12.2. The molecule has 0 aromatic heterocycles. The molecular formula is C14H22N2O3S. The first-order valence-corrected chi connectivity index (χ1v) is 7.46. The molecule has 0 aliphatic carbocycles. The molecule has 112 valence electrons. The minimum atomic E-state index is 0.0771. The number of likely N-dealkylation sites (N-methyl/N-ethyl adjacent to an activating group) is 1. The van der Waals surface area contributed by atoms with Crippen molar-refractivity contribution in [3.05, 3.63) is 18.2 Å². The molecule has 2 N–H and O–H groups in total. The predicted octanol–water partition coefficient (Wildman–Crippen LogP) is 1.52. The SMILES string of the molecule is CNCCNC(=O)CCSc1ccc(OC)c(OC)c1. The summed E-state index contributed by atoms with van der Waals surface area (Å²) in [5.41, 5.74) is 0. The van der Waals surface area contributed by atoms with Gasteiger partial charge in [-0.15, -0.1) is 11.8 Å². The van der Waals surface area contributed by atoms with E-state index in [1.54, 1.807) is 26.0 Å². The standard InChI is InChI=1S/C14H22N2O3S/c1-15-7-8-16-14(17)6-9-20-11-4-5-12(18-2)13(10-11)19-3/h4-5,10,15H,6-9H2,1-3H3,(H,16,17). The van der Waals surface area contributed by atoms with E-state index in [-0.39, 0.29) is 5.91 Å². The van der Waals surface area contributed by atoms with E-state index in [1.165, 1.54) is 0 Å². The average Bonchev–Trinajstić information content (AvgIpc) is 2.47. The molecule has 0 saturated carbocycles. The van der Waals surface area contributed by atoms with Gasteiger partial charge in [0.15, 0.2) is 11.5 Å². The summed E-state index contributed by atoms with van der Waals surface area (Å²) in [7, 11) is 5.08. The van der Waals surface area contributed by atoms with Gasteiger partial charge in [0.2, 0.25) is 5.91 Å². The van der Waals surface area contributed by atoms with E-state index in [9.17, 15) is 4.79 Å². The van der Waals surface area contributed by atoms with Crippen LogP contribution in [0, 0.1) is 0 Å². The summed E-state index contributed by atoms with van der Waals surface area (Å²) in [6, 6.07) is 5.75. The first-order valence-electron chi connectivity index (χ1n) is 6.47. The van der Waals surface area contributed by atoms with Gasteiger partial charge in [-0.2, -0.15) is 0 Å². The van der Waals surface area contributed by atoms with Gasteiger partial charge < -0.3 is 20.1 Å². The summed E-state index contributed by atoms with van der Waals surface area (Å²) in [5.74, 6) is 2.23. The van der Waals surface area contributed by atoms with Crippen molar-refractivity contribution in [2.75, 3.05) is 40.1 Å². The lowest BCUT2D eigenvalue weighted by Gasteiger charge is -2.09. The third-order valence-corrected chi connectivity index (χ3v) is 3.65. The summed E-state index contributed by atoms with van der Waals surface area (Å²) in [6.07, 6.45) is 0.503. The van der Waals surface area contributed by atoms with Crippen molar-refractivity contribution in [1.82, 2.24) is 10.6 Å². The van der Waals surface area contributed by atoms with Crippen LogP contribution in [0.2, 0.25) is 0 Å². The second-order valence-corrected chi connectivity index (χ2v) is 5.24. The first kappa shape index (κ1) is 16.7. The smallest absolute Gasteiger partial charge is 0.220 e. The molecule has 0 radical (unpaired) electrons. The molecule has 1 aromatic carbocycles. The van der Waals surface area contributed by atoms with E-state index in [1.807, 2.05) is 25.2 Å². The van der Waals surface area contributed by atoms with Crippen LogP contribution in [0.15, 0.2) is 23.1 Å². The largest absolute Gasteiger partial charge is 0.493 e. The lowest BCUT2D eigenvalue weighted by atomic mass is 10.3. The normalized spacial score (nSPS) is 10.2. The molecule has 1 rings (SSSR count). The molecule has 0 fully saturated rings. The van der Waals surface area contributed by atoms with Crippen LogP contribution in [0.4, 0.5) is 0 Å². The lowest BCUT2D eigenvalue weighted by molar-refractivity contribution is -0.120. The molecule has 0 aliphatic rings. The van der Waals surface area contributed by atoms with E-state index < -0.39 is 0 Å². The van der Waals surface area contributed by atoms with Gasteiger partial charge in [-0.1, -0.05) is 0 Å². The molecule has 0 saturated heterocycles. The molecule has 5 nitrogen and oxygen atoms in total. The topological polar surface area (TPSA) is 59.6 Å². The highest BCUT2D eigenvalue weighted by atomic mass is 32.2. The maximum atomic E-state index is 11.5. The Balaban J connectivity index is 2.36. The van der Waals surface area contributed by atoms with E-state index in [4.69, 9.17) is 9.47 Å². The molecule has 0 unspecified atom stereocenters. The minimum Gasteiger partial charge on any atom is -0.493 e. The number of hydrogen-bond donors (Lipinski definition) is 2. The minimum absolute atomic E-state index is 0.0771. The highest BCUT2D eigenvalue weighted by Gasteiger charge is 2.06. The third kappa shape index (κ3) is 5.71. The highest BCUT2D eigenvalue weighted by molar-refractivity contribution is 7.99. The van der Waals surface area contributed by atoms with Gasteiger partial charge in [-0.3, -0.25) is 4.79 Å². The highest BCUT2D eigenvalue weighted by Crippen LogP contribution is 2.31. The molecular weight excluding hydrogens is 276 g/mol. The summed E-state index contributed by atoms with van der Waals surface area (Å²) in [5, 5.41) is 5.83. The average molecular weight is 298 g/mol. The Bertz CT molecular complexity index is 427. The van der Waals surface area contributed by atoms with Crippen molar-refractivity contribution < 1.29 is 14.3 Å². The molecule has 0 aliphatic heterocycles. The summed E-state index contributed by atoms with van der Waals surface area (Å²) in [6.45, 7) is 1.45. The van der Waals surface area contributed by atoms with Gasteiger partial charge in [0.25, 0.3) is 0 Å². The van der Waals surface area contributed by atoms with Crippen LogP contribution < -0.4 is 20.1 Å². The van der Waals surface area contributed by atoms with Crippen molar-refractivity contribution >= 4 is 17.7 Å². The van der Waals surface area contributed by atoms with Crippen LogP contribution in [-0.2, 0) is 4.79 Å². The number of methoxy groups -OCH3 is 2. The van der Waals surface area contributed by atoms with Crippen LogP contribution in [0.25, 0.3) is 0 Å². The maximum absolute atomic E-state index is 11.5. The van der Waals surface area contributed by atoms with Gasteiger partial charge in [0.1, 0.15) is 0 Å².